The highest BCUT2D eigenvalue weighted by Gasteiger charge is 2.35. The van der Waals surface area contributed by atoms with E-state index in [0.29, 0.717) is 23.8 Å². The van der Waals surface area contributed by atoms with Gasteiger partial charge in [-0.3, -0.25) is 4.79 Å². The Hall–Kier alpha value is -0.530. The molecule has 15 heavy (non-hydrogen) atoms. The Morgan fingerprint density at radius 1 is 1.13 bits per heavy atom. The number of hydrogen-bond donors (Lipinski definition) is 0. The van der Waals surface area contributed by atoms with Gasteiger partial charge in [0, 0.05) is 18.5 Å². The first-order valence-corrected chi connectivity index (χ1v) is 6.50. The van der Waals surface area contributed by atoms with Gasteiger partial charge in [0.25, 0.3) is 0 Å². The molecule has 2 heteroatoms. The van der Waals surface area contributed by atoms with E-state index in [2.05, 4.69) is 18.7 Å². The van der Waals surface area contributed by atoms with E-state index in [9.17, 15) is 4.79 Å². The number of likely N-dealkylation sites (tertiary alicyclic amines) is 1. The topological polar surface area (TPSA) is 20.3 Å². The van der Waals surface area contributed by atoms with Crippen LogP contribution in [0.2, 0.25) is 0 Å². The van der Waals surface area contributed by atoms with Gasteiger partial charge in [-0.05, 0) is 31.6 Å². The van der Waals surface area contributed by atoms with Crippen LogP contribution in [0.25, 0.3) is 0 Å². The van der Waals surface area contributed by atoms with Gasteiger partial charge in [-0.15, -0.1) is 0 Å². The highest BCUT2D eigenvalue weighted by molar-refractivity contribution is 5.79. The van der Waals surface area contributed by atoms with Crippen molar-refractivity contribution in [2.45, 2.75) is 58.4 Å². The molecule has 0 bridgehead atoms. The van der Waals surface area contributed by atoms with Crippen LogP contribution in [0.5, 0.6) is 0 Å². The summed E-state index contributed by atoms with van der Waals surface area (Å²) in [5.41, 5.74) is 0. The zero-order valence-electron chi connectivity index (χ0n) is 10.0. The molecule has 1 unspecified atom stereocenters. The van der Waals surface area contributed by atoms with Crippen molar-refractivity contribution in [3.8, 4) is 0 Å². The van der Waals surface area contributed by atoms with Crippen LogP contribution in [-0.4, -0.2) is 23.4 Å². The SMILES string of the molecule is CC(C)C1CCCN1C(=O)C1CCCC1. The Labute approximate surface area is 93.0 Å². The molecule has 86 valence electrons. The normalized spacial score (nSPS) is 27.9. The van der Waals surface area contributed by atoms with Crippen LogP contribution in [0, 0.1) is 11.8 Å². The third-order valence-corrected chi connectivity index (χ3v) is 4.06. The molecule has 1 atom stereocenters. The standard InChI is InChI=1S/C13H23NO/c1-10(2)12-8-5-9-14(12)13(15)11-6-3-4-7-11/h10-12H,3-9H2,1-2H3. The van der Waals surface area contributed by atoms with E-state index >= 15 is 0 Å². The molecule has 2 nitrogen and oxygen atoms in total. The lowest BCUT2D eigenvalue weighted by Gasteiger charge is -2.30. The van der Waals surface area contributed by atoms with Gasteiger partial charge in [0.2, 0.25) is 5.91 Å². The van der Waals surface area contributed by atoms with Crippen LogP contribution in [0.15, 0.2) is 0 Å². The quantitative estimate of drug-likeness (QED) is 0.685. The van der Waals surface area contributed by atoms with Crippen molar-refractivity contribution in [1.82, 2.24) is 4.90 Å². The maximum Gasteiger partial charge on any atom is 0.225 e. The van der Waals surface area contributed by atoms with Crippen LogP contribution in [-0.2, 0) is 4.79 Å². The summed E-state index contributed by atoms with van der Waals surface area (Å²) < 4.78 is 0. The Kier molecular flexibility index (Phi) is 3.32. The lowest BCUT2D eigenvalue weighted by atomic mass is 10.00. The fraction of sp³-hybridized carbons (Fsp3) is 0.923. The van der Waals surface area contributed by atoms with Crippen molar-refractivity contribution in [3.05, 3.63) is 0 Å². The van der Waals surface area contributed by atoms with Crippen molar-refractivity contribution >= 4 is 5.91 Å². The van der Waals surface area contributed by atoms with Gasteiger partial charge >= 0.3 is 0 Å². The number of hydrogen-bond acceptors (Lipinski definition) is 1. The second kappa shape index (κ2) is 4.54. The van der Waals surface area contributed by atoms with Crippen molar-refractivity contribution in [2.75, 3.05) is 6.54 Å². The average molecular weight is 209 g/mol. The molecule has 0 spiro atoms. The largest absolute Gasteiger partial charge is 0.339 e. The molecule has 0 aromatic rings. The summed E-state index contributed by atoms with van der Waals surface area (Å²) in [6.07, 6.45) is 7.23. The molecular formula is C13H23NO. The van der Waals surface area contributed by atoms with E-state index in [1.54, 1.807) is 0 Å². The Morgan fingerprint density at radius 2 is 1.80 bits per heavy atom. The Bertz CT molecular complexity index is 231. The number of carbonyl (C=O) groups is 1. The van der Waals surface area contributed by atoms with Gasteiger partial charge in [-0.1, -0.05) is 26.7 Å². The number of nitrogens with zero attached hydrogens (tertiary/aromatic N) is 1. The van der Waals surface area contributed by atoms with Crippen LogP contribution in [0.1, 0.15) is 52.4 Å². The second-order valence-electron chi connectivity index (χ2n) is 5.47. The van der Waals surface area contributed by atoms with E-state index < -0.39 is 0 Å². The van der Waals surface area contributed by atoms with Gasteiger partial charge < -0.3 is 4.90 Å². The molecular weight excluding hydrogens is 186 g/mol. The molecule has 1 aliphatic heterocycles. The van der Waals surface area contributed by atoms with Gasteiger partial charge in [-0.2, -0.15) is 0 Å². The predicted molar refractivity (Wildman–Crippen MR) is 61.5 cm³/mol. The third kappa shape index (κ3) is 2.19. The minimum atomic E-state index is 0.365. The fourth-order valence-electron chi connectivity index (χ4n) is 3.17. The first-order valence-electron chi connectivity index (χ1n) is 6.50. The number of amides is 1. The number of rotatable bonds is 2. The minimum absolute atomic E-state index is 0.365. The summed E-state index contributed by atoms with van der Waals surface area (Å²) >= 11 is 0. The predicted octanol–water partition coefficient (Wildman–Crippen LogP) is 2.82. The monoisotopic (exact) mass is 209 g/mol. The van der Waals surface area contributed by atoms with Gasteiger partial charge in [0.05, 0.1) is 0 Å². The highest BCUT2D eigenvalue weighted by atomic mass is 16.2. The second-order valence-corrected chi connectivity index (χ2v) is 5.47. The fourth-order valence-corrected chi connectivity index (χ4v) is 3.17. The summed E-state index contributed by atoms with van der Waals surface area (Å²) in [7, 11) is 0. The van der Waals surface area contributed by atoms with Crippen LogP contribution < -0.4 is 0 Å². The van der Waals surface area contributed by atoms with E-state index in [0.717, 1.165) is 19.4 Å². The van der Waals surface area contributed by atoms with Crippen molar-refractivity contribution in [2.24, 2.45) is 11.8 Å². The summed E-state index contributed by atoms with van der Waals surface area (Å²) in [4.78, 5) is 14.5. The summed E-state index contributed by atoms with van der Waals surface area (Å²) in [6.45, 7) is 5.49. The summed E-state index contributed by atoms with van der Waals surface area (Å²) in [5, 5.41) is 0. The molecule has 0 N–H and O–H groups in total. The zero-order valence-corrected chi connectivity index (χ0v) is 10.0. The third-order valence-electron chi connectivity index (χ3n) is 4.06. The van der Waals surface area contributed by atoms with Crippen LogP contribution in [0.4, 0.5) is 0 Å². The lowest BCUT2D eigenvalue weighted by molar-refractivity contribution is -0.136. The Balaban J connectivity index is 1.99. The average Bonchev–Trinajstić information content (AvgIpc) is 2.88. The van der Waals surface area contributed by atoms with Crippen molar-refractivity contribution in [3.63, 3.8) is 0 Å². The first-order chi connectivity index (χ1) is 7.20. The molecule has 1 saturated heterocycles. The summed E-state index contributed by atoms with van der Waals surface area (Å²) in [6, 6.07) is 0.526. The molecule has 0 radical (unpaired) electrons. The molecule has 2 aliphatic rings. The molecule has 1 heterocycles. The molecule has 2 fully saturated rings. The van der Waals surface area contributed by atoms with Crippen molar-refractivity contribution in [1.29, 1.82) is 0 Å². The molecule has 1 aliphatic carbocycles. The van der Waals surface area contributed by atoms with E-state index in [1.165, 1.54) is 25.7 Å². The van der Waals surface area contributed by atoms with Crippen LogP contribution >= 0.6 is 0 Å². The maximum absolute atomic E-state index is 12.3. The molecule has 1 saturated carbocycles. The van der Waals surface area contributed by atoms with E-state index in [-0.39, 0.29) is 0 Å². The minimum Gasteiger partial charge on any atom is -0.339 e. The maximum atomic E-state index is 12.3. The number of carbonyl (C=O) groups excluding carboxylic acids is 1. The molecule has 2 rings (SSSR count). The molecule has 0 aromatic heterocycles. The molecule has 0 aromatic carbocycles. The van der Waals surface area contributed by atoms with Gasteiger partial charge in [0.1, 0.15) is 0 Å². The van der Waals surface area contributed by atoms with E-state index in [1.807, 2.05) is 0 Å². The summed E-state index contributed by atoms with van der Waals surface area (Å²) in [5.74, 6) is 1.45. The highest BCUT2D eigenvalue weighted by Crippen LogP contribution is 2.31. The Morgan fingerprint density at radius 3 is 2.40 bits per heavy atom. The van der Waals surface area contributed by atoms with E-state index in [4.69, 9.17) is 0 Å². The van der Waals surface area contributed by atoms with Gasteiger partial charge in [-0.25, -0.2) is 0 Å². The van der Waals surface area contributed by atoms with Crippen LogP contribution in [0.3, 0.4) is 0 Å². The van der Waals surface area contributed by atoms with Crippen molar-refractivity contribution < 1.29 is 4.79 Å². The zero-order chi connectivity index (χ0) is 10.8. The first kappa shape index (κ1) is 11.0. The lowest BCUT2D eigenvalue weighted by Crippen LogP contribution is -2.41. The van der Waals surface area contributed by atoms with Gasteiger partial charge in [0.15, 0.2) is 0 Å². The smallest absolute Gasteiger partial charge is 0.225 e. The molecule has 1 amide bonds.